The van der Waals surface area contributed by atoms with Crippen LogP contribution in [0.2, 0.25) is 5.02 Å². The molecule has 140 valence electrons. The van der Waals surface area contributed by atoms with Crippen molar-refractivity contribution in [2.45, 2.75) is 13.3 Å². The molecule has 0 unspecified atom stereocenters. The zero-order valence-electron chi connectivity index (χ0n) is 15.1. The Morgan fingerprint density at radius 1 is 1.11 bits per heavy atom. The van der Waals surface area contributed by atoms with Crippen molar-refractivity contribution in [1.29, 1.82) is 0 Å². The molecule has 0 atom stereocenters. The summed E-state index contributed by atoms with van der Waals surface area (Å²) >= 11 is 6.03. The molecule has 0 aliphatic carbocycles. The van der Waals surface area contributed by atoms with E-state index in [-0.39, 0.29) is 11.8 Å². The van der Waals surface area contributed by atoms with Gasteiger partial charge in [0.1, 0.15) is 0 Å². The monoisotopic (exact) mass is 392 g/mol. The zero-order chi connectivity index (χ0) is 19.7. The third kappa shape index (κ3) is 3.34. The highest BCUT2D eigenvalue weighted by molar-refractivity contribution is 6.30. The number of hydrogen-bond donors (Lipinski definition) is 1. The second-order valence-corrected chi connectivity index (χ2v) is 6.93. The van der Waals surface area contributed by atoms with E-state index in [1.807, 2.05) is 36.4 Å². The predicted molar refractivity (Wildman–Crippen MR) is 107 cm³/mol. The molecule has 7 heteroatoms. The highest BCUT2D eigenvalue weighted by Crippen LogP contribution is 2.38. The second kappa shape index (κ2) is 7.40. The van der Waals surface area contributed by atoms with Crippen LogP contribution < -0.4 is 0 Å². The number of hydrogen-bond acceptors (Lipinski definition) is 4. The lowest BCUT2D eigenvalue weighted by atomic mass is 9.94. The Balaban J connectivity index is 1.85. The van der Waals surface area contributed by atoms with Crippen molar-refractivity contribution in [3.05, 3.63) is 65.6 Å². The number of carbonyl (C=O) groups excluding carboxylic acids is 2. The Morgan fingerprint density at radius 3 is 2.46 bits per heavy atom. The van der Waals surface area contributed by atoms with Crippen LogP contribution in [0.5, 0.6) is 0 Å². The molecular weight excluding hydrogens is 376 g/mol. The quantitative estimate of drug-likeness (QED) is 0.731. The van der Waals surface area contributed by atoms with Crippen molar-refractivity contribution in [1.82, 2.24) is 20.1 Å². The number of pyridine rings is 1. The van der Waals surface area contributed by atoms with Gasteiger partial charge in [0.05, 0.1) is 11.4 Å². The predicted octanol–water partition coefficient (Wildman–Crippen LogP) is 3.95. The molecule has 1 N–H and O–H groups in total. The first kappa shape index (κ1) is 18.1. The lowest BCUT2D eigenvalue weighted by Gasteiger charge is -2.23. The Bertz CT molecular complexity index is 1070. The van der Waals surface area contributed by atoms with E-state index in [1.165, 1.54) is 17.9 Å². The Hall–Kier alpha value is -3.25. The number of benzene rings is 1. The van der Waals surface area contributed by atoms with Gasteiger partial charge in [-0.3, -0.25) is 24.6 Å². The number of nitrogens with one attached hydrogen (secondary N) is 1. The summed E-state index contributed by atoms with van der Waals surface area (Å²) in [7, 11) is 0. The molecule has 1 aliphatic rings. The lowest BCUT2D eigenvalue weighted by molar-refractivity contribution is -0.140. The molecule has 2 amide bonds. The van der Waals surface area contributed by atoms with Gasteiger partial charge in [-0.1, -0.05) is 23.7 Å². The van der Waals surface area contributed by atoms with Crippen LogP contribution >= 0.6 is 11.6 Å². The van der Waals surface area contributed by atoms with Gasteiger partial charge in [-0.15, -0.1) is 0 Å². The van der Waals surface area contributed by atoms with E-state index < -0.39 is 0 Å². The first-order valence-corrected chi connectivity index (χ1v) is 9.20. The Labute approximate surface area is 166 Å². The molecule has 2 aromatic heterocycles. The average molecular weight is 393 g/mol. The van der Waals surface area contributed by atoms with Gasteiger partial charge in [0.15, 0.2) is 0 Å². The zero-order valence-corrected chi connectivity index (χ0v) is 15.9. The van der Waals surface area contributed by atoms with Crippen LogP contribution in [0.4, 0.5) is 0 Å². The molecule has 28 heavy (non-hydrogen) atoms. The van der Waals surface area contributed by atoms with E-state index in [0.29, 0.717) is 23.7 Å². The number of H-pyrrole nitrogens is 1. The van der Waals surface area contributed by atoms with Gasteiger partial charge >= 0.3 is 0 Å². The summed E-state index contributed by atoms with van der Waals surface area (Å²) in [6.07, 6.45) is 5.48. The molecule has 6 nitrogen and oxygen atoms in total. The van der Waals surface area contributed by atoms with Crippen LogP contribution in [0.3, 0.4) is 0 Å². The number of nitrogens with zero attached hydrogens (tertiary/aromatic N) is 3. The standard InChI is InChI=1S/C21H17ClN4O2/c1-13(27)26-11-8-16(12-18(26)28)21-19(14-6-9-23-10-7-14)20(24-25-21)15-2-4-17(22)5-3-15/h2-7,9-10,12H,8,11H2,1H3,(H,24,25). The summed E-state index contributed by atoms with van der Waals surface area (Å²) in [6, 6.07) is 11.3. The van der Waals surface area contributed by atoms with E-state index >= 15 is 0 Å². The molecule has 0 spiro atoms. The van der Waals surface area contributed by atoms with Gasteiger partial charge in [-0.2, -0.15) is 5.10 Å². The number of aromatic amines is 1. The topological polar surface area (TPSA) is 79.0 Å². The summed E-state index contributed by atoms with van der Waals surface area (Å²) in [5, 5.41) is 8.28. The minimum absolute atomic E-state index is 0.251. The normalized spacial score (nSPS) is 14.1. The van der Waals surface area contributed by atoms with Crippen molar-refractivity contribution in [3.63, 3.8) is 0 Å². The van der Waals surface area contributed by atoms with Crippen molar-refractivity contribution in [3.8, 4) is 22.4 Å². The van der Waals surface area contributed by atoms with Gasteiger partial charge in [0.2, 0.25) is 5.91 Å². The van der Waals surface area contributed by atoms with Crippen molar-refractivity contribution >= 4 is 29.0 Å². The maximum absolute atomic E-state index is 12.3. The molecule has 1 aromatic carbocycles. The largest absolute Gasteiger partial charge is 0.279 e. The number of imide groups is 1. The number of halogens is 1. The van der Waals surface area contributed by atoms with E-state index in [9.17, 15) is 9.59 Å². The number of carbonyl (C=O) groups is 2. The summed E-state index contributed by atoms with van der Waals surface area (Å²) < 4.78 is 0. The summed E-state index contributed by atoms with van der Waals surface area (Å²) in [5.74, 6) is -0.566. The fraction of sp³-hybridized carbons (Fsp3) is 0.143. The molecule has 0 bridgehead atoms. The summed E-state index contributed by atoms with van der Waals surface area (Å²) in [6.45, 7) is 1.74. The van der Waals surface area contributed by atoms with Crippen molar-refractivity contribution < 1.29 is 9.59 Å². The fourth-order valence-electron chi connectivity index (χ4n) is 3.34. The third-order valence-electron chi connectivity index (χ3n) is 4.72. The van der Waals surface area contributed by atoms with Gasteiger partial charge in [0.25, 0.3) is 5.91 Å². The molecule has 0 saturated carbocycles. The maximum atomic E-state index is 12.3. The van der Waals surface area contributed by atoms with Gasteiger partial charge < -0.3 is 0 Å². The van der Waals surface area contributed by atoms with Crippen LogP contribution in [0, 0.1) is 0 Å². The van der Waals surface area contributed by atoms with Crippen LogP contribution in [-0.4, -0.2) is 38.4 Å². The minimum atomic E-state index is -0.314. The fourth-order valence-corrected chi connectivity index (χ4v) is 3.47. The van der Waals surface area contributed by atoms with Gasteiger partial charge in [-0.05, 0) is 41.8 Å². The van der Waals surface area contributed by atoms with Crippen LogP contribution in [0.1, 0.15) is 19.0 Å². The average Bonchev–Trinajstić information content (AvgIpc) is 3.14. The number of rotatable bonds is 3. The van der Waals surface area contributed by atoms with Crippen molar-refractivity contribution in [2.75, 3.05) is 6.54 Å². The van der Waals surface area contributed by atoms with Crippen molar-refractivity contribution in [2.24, 2.45) is 0 Å². The smallest absolute Gasteiger partial charge is 0.253 e. The highest BCUT2D eigenvalue weighted by atomic mass is 35.5. The summed E-state index contributed by atoms with van der Waals surface area (Å²) in [4.78, 5) is 29.3. The van der Waals surface area contributed by atoms with Crippen LogP contribution in [0.15, 0.2) is 54.9 Å². The third-order valence-corrected chi connectivity index (χ3v) is 4.97. The molecular formula is C21H17ClN4O2. The second-order valence-electron chi connectivity index (χ2n) is 6.49. The lowest BCUT2D eigenvalue weighted by Crippen LogP contribution is -2.37. The Morgan fingerprint density at radius 2 is 1.82 bits per heavy atom. The molecule has 0 fully saturated rings. The molecule has 3 aromatic rings. The maximum Gasteiger partial charge on any atom is 0.253 e. The van der Waals surface area contributed by atoms with Gasteiger partial charge in [0, 0.05) is 48.1 Å². The highest BCUT2D eigenvalue weighted by Gasteiger charge is 2.26. The minimum Gasteiger partial charge on any atom is -0.279 e. The van der Waals surface area contributed by atoms with Gasteiger partial charge in [-0.25, -0.2) is 0 Å². The number of aromatic nitrogens is 3. The molecule has 1 aliphatic heterocycles. The van der Waals surface area contributed by atoms with E-state index in [0.717, 1.165) is 28.0 Å². The Kier molecular flexibility index (Phi) is 4.79. The first-order valence-electron chi connectivity index (χ1n) is 8.82. The molecule has 4 rings (SSSR count). The SMILES string of the molecule is CC(=O)N1CCC(c2n[nH]c(-c3ccc(Cl)cc3)c2-c2ccncc2)=CC1=O. The van der Waals surface area contributed by atoms with E-state index in [1.54, 1.807) is 12.4 Å². The first-order chi connectivity index (χ1) is 13.5. The van der Waals surface area contributed by atoms with Crippen LogP contribution in [0.25, 0.3) is 28.0 Å². The number of amides is 2. The summed E-state index contributed by atoms with van der Waals surface area (Å²) in [5.41, 5.74) is 5.09. The molecule has 0 saturated heterocycles. The van der Waals surface area contributed by atoms with E-state index in [4.69, 9.17) is 11.6 Å². The van der Waals surface area contributed by atoms with E-state index in [2.05, 4.69) is 15.2 Å². The van der Waals surface area contributed by atoms with Crippen LogP contribution in [-0.2, 0) is 9.59 Å². The molecule has 0 radical (unpaired) electrons. The molecule has 3 heterocycles.